The minimum absolute atomic E-state index is 0.0775. The molecule has 1 N–H and O–H groups in total. The molecule has 3 aromatic carbocycles. The largest absolute Gasteiger partial charge is 0.494 e. The molecule has 10 heteroatoms. The molecule has 0 saturated heterocycles. The van der Waals surface area contributed by atoms with Gasteiger partial charge in [0.1, 0.15) is 18.3 Å². The zero-order valence-corrected chi connectivity index (χ0v) is 27.4. The van der Waals surface area contributed by atoms with E-state index in [1.807, 2.05) is 50.4 Å². The molecule has 4 rings (SSSR count). The van der Waals surface area contributed by atoms with Crippen LogP contribution >= 0.6 is 11.8 Å². The lowest BCUT2D eigenvalue weighted by molar-refractivity contribution is -0.140. The summed E-state index contributed by atoms with van der Waals surface area (Å²) in [6.45, 7) is 3.93. The van der Waals surface area contributed by atoms with E-state index in [1.165, 1.54) is 16.7 Å². The normalized spacial score (nSPS) is 14.4. The minimum atomic E-state index is -4.15. The summed E-state index contributed by atoms with van der Waals surface area (Å²) in [6, 6.07) is 22.1. The van der Waals surface area contributed by atoms with Crippen molar-refractivity contribution in [3.05, 3.63) is 84.4 Å². The number of nitrogens with one attached hydrogen (secondary N) is 1. The Kier molecular flexibility index (Phi) is 12.1. The third-order valence-electron chi connectivity index (χ3n) is 7.90. The van der Waals surface area contributed by atoms with Crippen LogP contribution in [-0.2, 0) is 26.2 Å². The Morgan fingerprint density at radius 2 is 1.59 bits per heavy atom. The number of hydrogen-bond donors (Lipinski definition) is 1. The van der Waals surface area contributed by atoms with E-state index in [2.05, 4.69) is 5.32 Å². The van der Waals surface area contributed by atoms with Gasteiger partial charge < -0.3 is 15.0 Å². The Bertz CT molecular complexity index is 1460. The molecule has 1 aliphatic carbocycles. The second-order valence-corrected chi connectivity index (χ2v) is 13.6. The highest BCUT2D eigenvalue weighted by molar-refractivity contribution is 7.98. The summed E-state index contributed by atoms with van der Waals surface area (Å²) in [5.74, 6) is -0.0649. The molecule has 1 atom stereocenters. The van der Waals surface area contributed by atoms with Crippen LogP contribution in [0.3, 0.4) is 0 Å². The molecule has 1 saturated carbocycles. The molecule has 8 nitrogen and oxygen atoms in total. The van der Waals surface area contributed by atoms with Gasteiger partial charge in [-0.25, -0.2) is 8.42 Å². The molecule has 2 amide bonds. The minimum Gasteiger partial charge on any atom is -0.494 e. The van der Waals surface area contributed by atoms with E-state index in [9.17, 15) is 18.0 Å². The lowest BCUT2D eigenvalue weighted by Crippen LogP contribution is -2.54. The number of rotatable bonds is 14. The van der Waals surface area contributed by atoms with E-state index in [4.69, 9.17) is 4.74 Å². The molecule has 1 fully saturated rings. The molecule has 0 unspecified atom stereocenters. The number of amides is 2. The van der Waals surface area contributed by atoms with Crippen LogP contribution in [0.25, 0.3) is 0 Å². The molecule has 0 heterocycles. The van der Waals surface area contributed by atoms with Crippen LogP contribution in [-0.4, -0.2) is 56.6 Å². The van der Waals surface area contributed by atoms with Crippen molar-refractivity contribution in [2.75, 3.05) is 23.7 Å². The maximum Gasteiger partial charge on any atom is 0.264 e. The molecule has 236 valence electrons. The van der Waals surface area contributed by atoms with E-state index < -0.39 is 28.5 Å². The van der Waals surface area contributed by atoms with Crippen LogP contribution in [0.1, 0.15) is 57.9 Å². The highest BCUT2D eigenvalue weighted by Crippen LogP contribution is 2.28. The maximum atomic E-state index is 14.3. The molecule has 0 spiro atoms. The van der Waals surface area contributed by atoms with Gasteiger partial charge in [0.25, 0.3) is 10.0 Å². The Morgan fingerprint density at radius 3 is 2.18 bits per heavy atom. The van der Waals surface area contributed by atoms with Crippen molar-refractivity contribution in [3.8, 4) is 5.75 Å². The van der Waals surface area contributed by atoms with E-state index in [1.54, 1.807) is 48.5 Å². The Labute approximate surface area is 266 Å². The standard InChI is InChI=1S/C34H43N3O5S2/c1-4-32(34(39)35-27-14-10-7-11-15-27)36(24-26-12-8-6-9-13-26)33(38)25-37(28-16-18-29(19-17-28)42-5-2)44(40,41)31-22-20-30(43-3)21-23-31/h6,8-9,12-13,16-23,27,32H,4-5,7,10-11,14-15,24-25H2,1-3H3,(H,35,39)/t32-/m1/s1. The van der Waals surface area contributed by atoms with Crippen LogP contribution in [0.5, 0.6) is 5.75 Å². The number of anilines is 1. The lowest BCUT2D eigenvalue weighted by Gasteiger charge is -2.34. The molecule has 0 aliphatic heterocycles. The zero-order chi connectivity index (χ0) is 31.5. The number of ether oxygens (including phenoxy) is 1. The summed E-state index contributed by atoms with van der Waals surface area (Å²) in [5, 5.41) is 3.18. The highest BCUT2D eigenvalue weighted by atomic mass is 32.2. The van der Waals surface area contributed by atoms with Gasteiger partial charge in [-0.1, -0.05) is 56.5 Å². The van der Waals surface area contributed by atoms with Crippen molar-refractivity contribution in [2.45, 2.75) is 80.8 Å². The average Bonchev–Trinajstić information content (AvgIpc) is 3.05. The summed E-state index contributed by atoms with van der Waals surface area (Å²) in [7, 11) is -4.15. The zero-order valence-electron chi connectivity index (χ0n) is 25.8. The fraction of sp³-hybridized carbons (Fsp3) is 0.412. The van der Waals surface area contributed by atoms with Gasteiger partial charge in [-0.2, -0.15) is 0 Å². The van der Waals surface area contributed by atoms with E-state index >= 15 is 0 Å². The second kappa shape index (κ2) is 16.0. The SMILES string of the molecule is CCOc1ccc(N(CC(=O)N(Cc2ccccc2)[C@H](CC)C(=O)NC2CCCCC2)S(=O)(=O)c2ccc(SC)cc2)cc1. The Hall–Kier alpha value is -3.50. The third-order valence-corrected chi connectivity index (χ3v) is 10.4. The maximum absolute atomic E-state index is 14.3. The number of carbonyl (C=O) groups excluding carboxylic acids is 2. The first-order valence-electron chi connectivity index (χ1n) is 15.3. The quantitative estimate of drug-likeness (QED) is 0.210. The first-order valence-corrected chi connectivity index (χ1v) is 18.0. The predicted octanol–water partition coefficient (Wildman–Crippen LogP) is 6.26. The first kappa shape index (κ1) is 33.4. The molecular weight excluding hydrogens is 595 g/mol. The average molecular weight is 638 g/mol. The van der Waals surface area contributed by atoms with Crippen molar-refractivity contribution < 1.29 is 22.7 Å². The molecular formula is C34H43N3O5S2. The van der Waals surface area contributed by atoms with Gasteiger partial charge in [-0.15, -0.1) is 11.8 Å². The lowest BCUT2D eigenvalue weighted by atomic mass is 9.95. The summed E-state index contributed by atoms with van der Waals surface area (Å²) in [6.07, 6.45) is 7.47. The number of nitrogens with zero attached hydrogens (tertiary/aromatic N) is 2. The van der Waals surface area contributed by atoms with Gasteiger partial charge in [0.2, 0.25) is 11.8 Å². The molecule has 1 aliphatic rings. The van der Waals surface area contributed by atoms with Gasteiger partial charge in [-0.3, -0.25) is 13.9 Å². The van der Waals surface area contributed by atoms with Crippen LogP contribution in [0.2, 0.25) is 0 Å². The van der Waals surface area contributed by atoms with Gasteiger partial charge in [-0.05, 0) is 86.5 Å². The topological polar surface area (TPSA) is 96.0 Å². The van der Waals surface area contributed by atoms with E-state index in [0.29, 0.717) is 24.5 Å². The molecule has 0 bridgehead atoms. The van der Waals surface area contributed by atoms with Crippen LogP contribution in [0.15, 0.2) is 88.7 Å². The van der Waals surface area contributed by atoms with E-state index in [0.717, 1.165) is 46.9 Å². The van der Waals surface area contributed by atoms with Crippen molar-refractivity contribution in [1.82, 2.24) is 10.2 Å². The van der Waals surface area contributed by atoms with Crippen LogP contribution < -0.4 is 14.4 Å². The molecule has 3 aromatic rings. The highest BCUT2D eigenvalue weighted by Gasteiger charge is 2.34. The Morgan fingerprint density at radius 1 is 0.932 bits per heavy atom. The van der Waals surface area contributed by atoms with Crippen LogP contribution in [0.4, 0.5) is 5.69 Å². The molecule has 0 radical (unpaired) electrons. The van der Waals surface area contributed by atoms with Crippen molar-refractivity contribution in [2.24, 2.45) is 0 Å². The van der Waals surface area contributed by atoms with E-state index in [-0.39, 0.29) is 23.4 Å². The second-order valence-electron chi connectivity index (χ2n) is 10.9. The fourth-order valence-corrected chi connectivity index (χ4v) is 7.35. The summed E-state index contributed by atoms with van der Waals surface area (Å²) in [4.78, 5) is 30.5. The number of hydrogen-bond acceptors (Lipinski definition) is 6. The predicted molar refractivity (Wildman–Crippen MR) is 176 cm³/mol. The van der Waals surface area contributed by atoms with Crippen molar-refractivity contribution >= 4 is 39.3 Å². The number of thioether (sulfide) groups is 1. The first-order chi connectivity index (χ1) is 21.3. The number of sulfonamides is 1. The monoisotopic (exact) mass is 637 g/mol. The van der Waals surface area contributed by atoms with Crippen LogP contribution in [0, 0.1) is 0 Å². The Balaban J connectivity index is 1.69. The van der Waals surface area contributed by atoms with Crippen molar-refractivity contribution in [3.63, 3.8) is 0 Å². The van der Waals surface area contributed by atoms with Crippen molar-refractivity contribution in [1.29, 1.82) is 0 Å². The smallest absolute Gasteiger partial charge is 0.264 e. The van der Waals surface area contributed by atoms with Gasteiger partial charge in [0, 0.05) is 17.5 Å². The summed E-state index contributed by atoms with van der Waals surface area (Å²) < 4.78 is 35.0. The number of benzene rings is 3. The fourth-order valence-electron chi connectivity index (χ4n) is 5.52. The summed E-state index contributed by atoms with van der Waals surface area (Å²) in [5.41, 5.74) is 1.18. The van der Waals surface area contributed by atoms with Gasteiger partial charge in [0.05, 0.1) is 17.2 Å². The molecule has 0 aromatic heterocycles. The van der Waals surface area contributed by atoms with Gasteiger partial charge in [0.15, 0.2) is 0 Å². The van der Waals surface area contributed by atoms with Gasteiger partial charge >= 0.3 is 0 Å². The number of carbonyl (C=O) groups is 2. The third kappa shape index (κ3) is 8.57. The molecule has 44 heavy (non-hydrogen) atoms. The summed E-state index contributed by atoms with van der Waals surface area (Å²) >= 11 is 1.51.